The second kappa shape index (κ2) is 6.97. The molecular formula is C20H15F3N4O. The largest absolute Gasteiger partial charge is 0.439 e. The van der Waals surface area contributed by atoms with Gasteiger partial charge in [0, 0.05) is 29.5 Å². The number of nitrogens with zero attached hydrogens (tertiary/aromatic N) is 3. The molecule has 0 fully saturated rings. The molecule has 2 N–H and O–H groups in total. The number of halogens is 3. The zero-order valence-electron chi connectivity index (χ0n) is 14.5. The van der Waals surface area contributed by atoms with Crippen molar-refractivity contribution in [3.8, 4) is 17.3 Å². The summed E-state index contributed by atoms with van der Waals surface area (Å²) in [6, 6.07) is 14.0. The fourth-order valence-electron chi connectivity index (χ4n) is 2.90. The quantitative estimate of drug-likeness (QED) is 0.554. The van der Waals surface area contributed by atoms with Gasteiger partial charge >= 0.3 is 6.18 Å². The molecule has 4 aromatic rings. The number of nitrogens with two attached hydrogens (primary N) is 1. The second-order valence-electron chi connectivity index (χ2n) is 6.07. The Morgan fingerprint density at radius 1 is 1.04 bits per heavy atom. The lowest BCUT2D eigenvalue weighted by Crippen LogP contribution is -2.05. The van der Waals surface area contributed by atoms with Crippen molar-refractivity contribution in [2.24, 2.45) is 5.73 Å². The lowest BCUT2D eigenvalue weighted by Gasteiger charge is -2.11. The predicted molar refractivity (Wildman–Crippen MR) is 98.3 cm³/mol. The van der Waals surface area contributed by atoms with Gasteiger partial charge in [-0.2, -0.15) is 18.2 Å². The molecule has 2 heterocycles. The molecular weight excluding hydrogens is 369 g/mol. The molecule has 8 heteroatoms. The van der Waals surface area contributed by atoms with E-state index in [0.29, 0.717) is 23.1 Å². The SMILES string of the molecule is NCc1nccc(Oc2ccc3c(ccn3-c3cccc(C(F)(F)F)c3)c2)n1. The number of ether oxygens (including phenoxy) is 1. The van der Waals surface area contributed by atoms with Crippen LogP contribution < -0.4 is 10.5 Å². The molecule has 0 spiro atoms. The van der Waals surface area contributed by atoms with E-state index in [1.165, 1.54) is 6.07 Å². The smallest absolute Gasteiger partial charge is 0.416 e. The second-order valence-corrected chi connectivity index (χ2v) is 6.07. The molecule has 0 bridgehead atoms. The van der Waals surface area contributed by atoms with Gasteiger partial charge in [0.05, 0.1) is 17.6 Å². The zero-order chi connectivity index (χ0) is 19.7. The van der Waals surface area contributed by atoms with Crippen molar-refractivity contribution in [3.05, 3.63) is 78.4 Å². The Bertz CT molecular complexity index is 1140. The first-order valence-electron chi connectivity index (χ1n) is 8.42. The molecule has 0 saturated heterocycles. The highest BCUT2D eigenvalue weighted by Crippen LogP contribution is 2.32. The maximum atomic E-state index is 13.0. The van der Waals surface area contributed by atoms with E-state index >= 15 is 0 Å². The highest BCUT2D eigenvalue weighted by atomic mass is 19.4. The van der Waals surface area contributed by atoms with Crippen LogP contribution in [0.2, 0.25) is 0 Å². The number of fused-ring (bicyclic) bond motifs is 1. The van der Waals surface area contributed by atoms with Crippen LogP contribution in [0.1, 0.15) is 11.4 Å². The Hall–Kier alpha value is -3.39. The van der Waals surface area contributed by atoms with E-state index in [1.54, 1.807) is 47.3 Å². The summed E-state index contributed by atoms with van der Waals surface area (Å²) in [4.78, 5) is 8.19. The summed E-state index contributed by atoms with van der Waals surface area (Å²) in [5.74, 6) is 1.39. The van der Waals surface area contributed by atoms with Crippen LogP contribution in [0.15, 0.2) is 67.0 Å². The topological polar surface area (TPSA) is 66.0 Å². The van der Waals surface area contributed by atoms with Crippen molar-refractivity contribution < 1.29 is 17.9 Å². The van der Waals surface area contributed by atoms with Crippen molar-refractivity contribution in [1.29, 1.82) is 0 Å². The summed E-state index contributed by atoms with van der Waals surface area (Å²) < 4.78 is 46.4. The molecule has 0 aliphatic rings. The molecule has 5 nitrogen and oxygen atoms in total. The molecule has 0 atom stereocenters. The summed E-state index contributed by atoms with van der Waals surface area (Å²) in [7, 11) is 0. The minimum Gasteiger partial charge on any atom is -0.439 e. The summed E-state index contributed by atoms with van der Waals surface area (Å²) in [6.07, 6.45) is -1.10. The minimum atomic E-state index is -4.39. The number of aromatic nitrogens is 3. The molecule has 142 valence electrons. The molecule has 0 unspecified atom stereocenters. The molecule has 4 rings (SSSR count). The minimum absolute atomic E-state index is 0.204. The van der Waals surface area contributed by atoms with Crippen molar-refractivity contribution in [1.82, 2.24) is 14.5 Å². The first kappa shape index (κ1) is 18.0. The summed E-state index contributed by atoms with van der Waals surface area (Å²) in [6.45, 7) is 0.204. The van der Waals surface area contributed by atoms with Gasteiger partial charge in [-0.1, -0.05) is 6.07 Å². The van der Waals surface area contributed by atoms with E-state index in [9.17, 15) is 13.2 Å². The van der Waals surface area contributed by atoms with E-state index < -0.39 is 11.7 Å². The van der Waals surface area contributed by atoms with Crippen LogP contribution >= 0.6 is 0 Å². The van der Waals surface area contributed by atoms with Crippen LogP contribution in [0, 0.1) is 0 Å². The van der Waals surface area contributed by atoms with Gasteiger partial charge in [0.25, 0.3) is 0 Å². The average Bonchev–Trinajstić information content (AvgIpc) is 3.11. The average molecular weight is 384 g/mol. The lowest BCUT2D eigenvalue weighted by atomic mass is 10.2. The van der Waals surface area contributed by atoms with Crippen molar-refractivity contribution in [2.45, 2.75) is 12.7 Å². The van der Waals surface area contributed by atoms with Gasteiger partial charge in [0.1, 0.15) is 11.6 Å². The van der Waals surface area contributed by atoms with Crippen molar-refractivity contribution in [2.75, 3.05) is 0 Å². The molecule has 0 saturated carbocycles. The number of alkyl halides is 3. The molecule has 0 aliphatic heterocycles. The normalized spacial score (nSPS) is 11.7. The van der Waals surface area contributed by atoms with Crippen LogP contribution in [0.3, 0.4) is 0 Å². The number of benzene rings is 2. The number of rotatable bonds is 4. The molecule has 0 amide bonds. The Balaban J connectivity index is 1.67. The number of hydrogen-bond acceptors (Lipinski definition) is 4. The zero-order valence-corrected chi connectivity index (χ0v) is 14.5. The van der Waals surface area contributed by atoms with E-state index in [4.69, 9.17) is 10.5 Å². The molecule has 28 heavy (non-hydrogen) atoms. The van der Waals surface area contributed by atoms with Gasteiger partial charge in [-0.3, -0.25) is 0 Å². The van der Waals surface area contributed by atoms with E-state index in [0.717, 1.165) is 23.0 Å². The fraction of sp³-hybridized carbons (Fsp3) is 0.100. The van der Waals surface area contributed by atoms with Gasteiger partial charge in [0.15, 0.2) is 0 Å². The van der Waals surface area contributed by atoms with Crippen LogP contribution in [0.25, 0.3) is 16.6 Å². The van der Waals surface area contributed by atoms with Crippen LogP contribution in [0.5, 0.6) is 11.6 Å². The van der Waals surface area contributed by atoms with Crippen molar-refractivity contribution in [3.63, 3.8) is 0 Å². The van der Waals surface area contributed by atoms with E-state index in [-0.39, 0.29) is 6.54 Å². The van der Waals surface area contributed by atoms with Crippen molar-refractivity contribution >= 4 is 10.9 Å². The third-order valence-electron chi connectivity index (χ3n) is 4.20. The Labute approximate surface area is 158 Å². The Morgan fingerprint density at radius 2 is 1.89 bits per heavy atom. The van der Waals surface area contributed by atoms with Crippen LogP contribution in [-0.4, -0.2) is 14.5 Å². The Kier molecular flexibility index (Phi) is 4.48. The summed E-state index contributed by atoms with van der Waals surface area (Å²) in [5, 5.41) is 0.822. The van der Waals surface area contributed by atoms with Gasteiger partial charge < -0.3 is 15.0 Å². The summed E-state index contributed by atoms with van der Waals surface area (Å²) in [5.41, 5.74) is 6.03. The fourth-order valence-corrected chi connectivity index (χ4v) is 2.90. The molecule has 0 aliphatic carbocycles. The number of hydrogen-bond donors (Lipinski definition) is 1. The maximum absolute atomic E-state index is 13.0. The molecule has 2 aromatic carbocycles. The third-order valence-corrected chi connectivity index (χ3v) is 4.20. The third kappa shape index (κ3) is 3.54. The van der Waals surface area contributed by atoms with E-state index in [2.05, 4.69) is 9.97 Å². The summed E-state index contributed by atoms with van der Waals surface area (Å²) >= 11 is 0. The van der Waals surface area contributed by atoms with Gasteiger partial charge in [-0.15, -0.1) is 0 Å². The monoisotopic (exact) mass is 384 g/mol. The highest BCUT2D eigenvalue weighted by molar-refractivity contribution is 5.83. The molecule has 0 radical (unpaired) electrons. The predicted octanol–water partition coefficient (Wildman–Crippen LogP) is 4.69. The standard InChI is InChI=1S/C20H15F3N4O/c21-20(22,23)14-2-1-3-15(11-14)27-9-7-13-10-16(4-5-17(13)27)28-19-6-8-25-18(12-24)26-19/h1-11H,12,24H2. The van der Waals surface area contributed by atoms with Crippen LogP contribution in [0.4, 0.5) is 13.2 Å². The van der Waals surface area contributed by atoms with E-state index in [1.807, 2.05) is 6.07 Å². The van der Waals surface area contributed by atoms with Gasteiger partial charge in [-0.25, -0.2) is 4.98 Å². The first-order chi connectivity index (χ1) is 13.4. The highest BCUT2D eigenvalue weighted by Gasteiger charge is 2.30. The maximum Gasteiger partial charge on any atom is 0.416 e. The molecule has 2 aromatic heterocycles. The van der Waals surface area contributed by atoms with Gasteiger partial charge in [-0.05, 0) is 42.5 Å². The van der Waals surface area contributed by atoms with Gasteiger partial charge in [0.2, 0.25) is 5.88 Å². The first-order valence-corrected chi connectivity index (χ1v) is 8.42. The lowest BCUT2D eigenvalue weighted by molar-refractivity contribution is -0.137. The Morgan fingerprint density at radius 3 is 2.68 bits per heavy atom. The van der Waals surface area contributed by atoms with Crippen LogP contribution in [-0.2, 0) is 12.7 Å².